The highest BCUT2D eigenvalue weighted by Crippen LogP contribution is 2.17. The smallest absolute Gasteiger partial charge is 0.132 e. The Bertz CT molecular complexity index is 751. The van der Waals surface area contributed by atoms with E-state index in [0.29, 0.717) is 24.8 Å². The molecule has 0 saturated heterocycles. The van der Waals surface area contributed by atoms with Gasteiger partial charge in [-0.3, -0.25) is 10.8 Å². The van der Waals surface area contributed by atoms with E-state index in [9.17, 15) is 0 Å². The number of nitrogens with zero attached hydrogens (tertiary/aromatic N) is 2. The lowest BCUT2D eigenvalue weighted by atomic mass is 10.0. The van der Waals surface area contributed by atoms with E-state index in [0.717, 1.165) is 11.1 Å². The molecule has 0 bridgehead atoms. The second kappa shape index (κ2) is 12.3. The van der Waals surface area contributed by atoms with Crippen LogP contribution in [0.25, 0.3) is 0 Å². The first-order chi connectivity index (χ1) is 13.2. The molecule has 2 aromatic rings. The van der Waals surface area contributed by atoms with Crippen molar-refractivity contribution in [3.05, 3.63) is 71.8 Å². The number of halogens is 2. The predicted molar refractivity (Wildman–Crippen MR) is 130 cm³/mol. The number of azo groups is 1. The minimum Gasteiger partial charge on any atom is -0.368 e. The van der Waals surface area contributed by atoms with Crippen molar-refractivity contribution in [3.63, 3.8) is 0 Å². The average Bonchev–Trinajstić information content (AvgIpc) is 2.70. The number of amidine groups is 2. The molecule has 30 heavy (non-hydrogen) atoms. The molecule has 0 amide bonds. The minimum absolute atomic E-state index is 0. The fourth-order valence-corrected chi connectivity index (χ4v) is 2.36. The van der Waals surface area contributed by atoms with Gasteiger partial charge in [-0.2, -0.15) is 10.2 Å². The van der Waals surface area contributed by atoms with Crippen molar-refractivity contribution in [1.29, 1.82) is 10.8 Å². The summed E-state index contributed by atoms with van der Waals surface area (Å²) >= 11 is 0. The van der Waals surface area contributed by atoms with Crippen LogP contribution < -0.4 is 10.6 Å². The molecule has 0 fully saturated rings. The summed E-state index contributed by atoms with van der Waals surface area (Å²) in [6.07, 6.45) is 0. The molecule has 2 aromatic carbocycles. The summed E-state index contributed by atoms with van der Waals surface area (Å²) in [7, 11) is 0. The second-order valence-corrected chi connectivity index (χ2v) is 7.75. The Balaban J connectivity index is 0.00000420. The first-order valence-electron chi connectivity index (χ1n) is 9.38. The van der Waals surface area contributed by atoms with Crippen molar-refractivity contribution in [2.45, 2.75) is 51.9 Å². The molecule has 2 rings (SSSR count). The van der Waals surface area contributed by atoms with Crippen LogP contribution >= 0.6 is 24.8 Å². The maximum atomic E-state index is 8.32. The van der Waals surface area contributed by atoms with E-state index in [4.69, 9.17) is 10.8 Å². The van der Waals surface area contributed by atoms with Gasteiger partial charge in [0.2, 0.25) is 0 Å². The van der Waals surface area contributed by atoms with Crippen LogP contribution in [-0.2, 0) is 13.1 Å². The van der Waals surface area contributed by atoms with Crippen LogP contribution in [0.15, 0.2) is 70.9 Å². The van der Waals surface area contributed by atoms with E-state index >= 15 is 0 Å². The van der Waals surface area contributed by atoms with E-state index in [1.807, 2.05) is 88.4 Å². The second-order valence-electron chi connectivity index (χ2n) is 7.75. The van der Waals surface area contributed by atoms with E-state index in [1.54, 1.807) is 0 Å². The van der Waals surface area contributed by atoms with E-state index in [-0.39, 0.29) is 24.8 Å². The number of nitrogens with one attached hydrogen (secondary N) is 4. The Labute approximate surface area is 191 Å². The third-order valence-electron chi connectivity index (χ3n) is 4.40. The minimum atomic E-state index is -0.800. The summed E-state index contributed by atoms with van der Waals surface area (Å²) in [4.78, 5) is 0. The molecule has 0 aliphatic heterocycles. The van der Waals surface area contributed by atoms with Gasteiger partial charge in [0.05, 0.1) is 0 Å². The van der Waals surface area contributed by atoms with Gasteiger partial charge in [-0.1, -0.05) is 60.7 Å². The third-order valence-corrected chi connectivity index (χ3v) is 4.40. The predicted octanol–water partition coefficient (Wildman–Crippen LogP) is 5.37. The van der Waals surface area contributed by atoms with Crippen molar-refractivity contribution >= 4 is 36.5 Å². The van der Waals surface area contributed by atoms with E-state index < -0.39 is 11.1 Å². The van der Waals surface area contributed by atoms with Crippen LogP contribution in [0, 0.1) is 10.8 Å². The molecule has 0 saturated carbocycles. The SMILES string of the molecule is CC(C)(/N=N/C(C)(C)C(=N)NCc1ccccc1)C(=N)NCc1ccccc1.Cl.Cl. The molecule has 0 atom stereocenters. The molecule has 0 unspecified atom stereocenters. The first kappa shape index (κ1) is 27.6. The lowest BCUT2D eigenvalue weighted by Crippen LogP contribution is -2.42. The summed E-state index contributed by atoms with van der Waals surface area (Å²) in [6.45, 7) is 8.50. The highest BCUT2D eigenvalue weighted by Gasteiger charge is 2.28. The van der Waals surface area contributed by atoms with Gasteiger partial charge in [0.1, 0.15) is 22.7 Å². The molecule has 0 aromatic heterocycles. The highest BCUT2D eigenvalue weighted by molar-refractivity contribution is 5.89. The molecule has 0 radical (unpaired) electrons. The molecular formula is C22H32Cl2N6. The molecular weight excluding hydrogens is 419 g/mol. The monoisotopic (exact) mass is 450 g/mol. The highest BCUT2D eigenvalue weighted by atomic mass is 35.5. The number of hydrogen-bond donors (Lipinski definition) is 4. The summed E-state index contributed by atoms with van der Waals surface area (Å²) in [5.41, 5.74) is 0.608. The lowest BCUT2D eigenvalue weighted by molar-refractivity contribution is 0.540. The number of benzene rings is 2. The summed E-state index contributed by atoms with van der Waals surface area (Å²) < 4.78 is 0. The van der Waals surface area contributed by atoms with Crippen molar-refractivity contribution in [3.8, 4) is 0 Å². The van der Waals surface area contributed by atoms with Gasteiger partial charge in [0.15, 0.2) is 0 Å². The number of rotatable bonds is 8. The van der Waals surface area contributed by atoms with Gasteiger partial charge < -0.3 is 10.6 Å². The topological polar surface area (TPSA) is 96.5 Å². The van der Waals surface area contributed by atoms with E-state index in [2.05, 4.69) is 20.9 Å². The maximum absolute atomic E-state index is 8.32. The van der Waals surface area contributed by atoms with Crippen molar-refractivity contribution in [2.24, 2.45) is 10.2 Å². The zero-order valence-electron chi connectivity index (χ0n) is 17.9. The van der Waals surface area contributed by atoms with Gasteiger partial charge in [-0.25, -0.2) is 0 Å². The summed E-state index contributed by atoms with van der Waals surface area (Å²) in [6, 6.07) is 19.9. The molecule has 164 valence electrons. The molecule has 0 spiro atoms. The Morgan fingerprint density at radius 1 is 0.667 bits per heavy atom. The normalized spacial score (nSPS) is 11.2. The molecule has 0 aliphatic rings. The van der Waals surface area contributed by atoms with Crippen LogP contribution in [-0.4, -0.2) is 22.7 Å². The molecule has 6 nitrogen and oxygen atoms in total. The zero-order valence-corrected chi connectivity index (χ0v) is 19.5. The average molecular weight is 451 g/mol. The van der Waals surface area contributed by atoms with Gasteiger partial charge in [-0.05, 0) is 38.8 Å². The molecule has 0 heterocycles. The van der Waals surface area contributed by atoms with Crippen LogP contribution in [0.1, 0.15) is 38.8 Å². The molecule has 4 N–H and O–H groups in total. The number of hydrogen-bond acceptors (Lipinski definition) is 4. The van der Waals surface area contributed by atoms with Crippen LogP contribution in [0.3, 0.4) is 0 Å². The Morgan fingerprint density at radius 3 is 1.27 bits per heavy atom. The van der Waals surface area contributed by atoms with Gasteiger partial charge in [0.25, 0.3) is 0 Å². The summed E-state index contributed by atoms with van der Waals surface area (Å²) in [5.74, 6) is 0.583. The Morgan fingerprint density at radius 2 is 0.967 bits per heavy atom. The molecule has 8 heteroatoms. The van der Waals surface area contributed by atoms with Crippen LogP contribution in [0.5, 0.6) is 0 Å². The third kappa shape index (κ3) is 8.51. The molecule has 0 aliphatic carbocycles. The van der Waals surface area contributed by atoms with Gasteiger partial charge >= 0.3 is 0 Å². The standard InChI is InChI=1S/C22H30N6.2ClH/c1-21(2,19(23)25-15-17-11-7-5-8-12-17)27-28-22(3,4)20(24)26-16-18-13-9-6-10-14-18;;/h5-14H,15-16H2,1-4H3,(H2,23,25)(H2,24,26);2*1H/b28-27+;;. The van der Waals surface area contributed by atoms with Crippen molar-refractivity contribution in [1.82, 2.24) is 10.6 Å². The lowest BCUT2D eigenvalue weighted by Gasteiger charge is -2.25. The largest absolute Gasteiger partial charge is 0.368 e. The van der Waals surface area contributed by atoms with Crippen molar-refractivity contribution < 1.29 is 0 Å². The summed E-state index contributed by atoms with van der Waals surface area (Å²) in [5, 5.41) is 31.6. The quantitative estimate of drug-likeness (QED) is 0.247. The fourth-order valence-electron chi connectivity index (χ4n) is 2.36. The maximum Gasteiger partial charge on any atom is 0.132 e. The Kier molecular flexibility index (Phi) is 11.3. The van der Waals surface area contributed by atoms with E-state index in [1.165, 1.54) is 0 Å². The Hall–Kier alpha value is -2.44. The van der Waals surface area contributed by atoms with Gasteiger partial charge in [-0.15, -0.1) is 24.8 Å². The first-order valence-corrected chi connectivity index (χ1v) is 9.38. The fraction of sp³-hybridized carbons (Fsp3) is 0.364. The van der Waals surface area contributed by atoms with Gasteiger partial charge in [0, 0.05) is 13.1 Å². The van der Waals surface area contributed by atoms with Crippen LogP contribution in [0.2, 0.25) is 0 Å². The van der Waals surface area contributed by atoms with Crippen LogP contribution in [0.4, 0.5) is 0 Å². The zero-order chi connectivity index (χ0) is 20.6. The van der Waals surface area contributed by atoms with Crippen molar-refractivity contribution in [2.75, 3.05) is 0 Å².